The van der Waals surface area contributed by atoms with E-state index in [-0.39, 0.29) is 5.91 Å². The normalized spacial score (nSPS) is 9.12. The fourth-order valence-electron chi connectivity index (χ4n) is 1.36. The quantitative estimate of drug-likeness (QED) is 0.807. The number of hydrogen-bond acceptors (Lipinski definition) is 3. The Morgan fingerprint density at radius 2 is 2.12 bits per heavy atom. The van der Waals surface area contributed by atoms with Gasteiger partial charge < -0.3 is 10.4 Å². The van der Waals surface area contributed by atoms with Crippen LogP contribution >= 0.6 is 0 Å². The van der Waals surface area contributed by atoms with E-state index in [1.165, 1.54) is 0 Å². The maximum atomic E-state index is 11.4. The first kappa shape index (κ1) is 12.9. The zero-order chi connectivity index (χ0) is 12.7. The third kappa shape index (κ3) is 3.15. The maximum Gasteiger partial charge on any atom is 0.251 e. The van der Waals surface area contributed by atoms with Gasteiger partial charge in [-0.15, -0.1) is 0 Å². The molecule has 2 rings (SSSR count). The smallest absolute Gasteiger partial charge is 0.251 e. The van der Waals surface area contributed by atoms with E-state index in [4.69, 9.17) is 5.11 Å². The first-order valence-electron chi connectivity index (χ1n) is 5.08. The molecular weight excluding hydrogens is 218 g/mol. The molecule has 0 bridgehead atoms. The summed E-state index contributed by atoms with van der Waals surface area (Å²) in [4.78, 5) is 11.4. The van der Waals surface area contributed by atoms with Crippen molar-refractivity contribution in [1.29, 1.82) is 0 Å². The Hall–Kier alpha value is -2.14. The molecular formula is C12H15N3O2. The minimum absolute atomic E-state index is 0.0935. The van der Waals surface area contributed by atoms with E-state index in [2.05, 4.69) is 10.4 Å². The highest BCUT2D eigenvalue weighted by molar-refractivity contribution is 5.94. The van der Waals surface area contributed by atoms with Crippen LogP contribution < -0.4 is 5.32 Å². The minimum atomic E-state index is -0.0935. The van der Waals surface area contributed by atoms with Gasteiger partial charge in [-0.25, -0.2) is 4.68 Å². The molecule has 1 aromatic heterocycles. The van der Waals surface area contributed by atoms with Crippen LogP contribution in [0, 0.1) is 0 Å². The Morgan fingerprint density at radius 3 is 2.71 bits per heavy atom. The average Bonchev–Trinajstić information content (AvgIpc) is 2.94. The van der Waals surface area contributed by atoms with Crippen molar-refractivity contribution >= 4 is 5.91 Å². The fraction of sp³-hybridized carbons (Fsp3) is 0.167. The predicted octanol–water partition coefficient (Wildman–Crippen LogP) is 0.840. The minimum Gasteiger partial charge on any atom is -0.400 e. The van der Waals surface area contributed by atoms with Gasteiger partial charge in [0.25, 0.3) is 5.91 Å². The monoisotopic (exact) mass is 233 g/mol. The summed E-state index contributed by atoms with van der Waals surface area (Å²) in [7, 11) is 2.61. The van der Waals surface area contributed by atoms with Crippen molar-refractivity contribution in [3.05, 3.63) is 48.3 Å². The molecule has 0 saturated heterocycles. The van der Waals surface area contributed by atoms with E-state index >= 15 is 0 Å². The largest absolute Gasteiger partial charge is 0.400 e. The van der Waals surface area contributed by atoms with Gasteiger partial charge in [-0.3, -0.25) is 4.79 Å². The zero-order valence-electron chi connectivity index (χ0n) is 9.79. The molecule has 0 spiro atoms. The lowest BCUT2D eigenvalue weighted by atomic mass is 10.2. The molecule has 1 amide bonds. The van der Waals surface area contributed by atoms with Crippen LogP contribution in [0.15, 0.2) is 42.7 Å². The van der Waals surface area contributed by atoms with E-state index in [1.54, 1.807) is 30.1 Å². The van der Waals surface area contributed by atoms with Gasteiger partial charge in [0.05, 0.1) is 5.69 Å². The lowest BCUT2D eigenvalue weighted by Crippen LogP contribution is -2.17. The standard InChI is InChI=1S/C11H11N3O.CH4O/c1-12-11(15)9-4-2-5-10(8-9)14-7-3-6-13-14;1-2/h2-8H,1H3,(H,12,15);2H,1H3. The highest BCUT2D eigenvalue weighted by Crippen LogP contribution is 2.09. The van der Waals surface area contributed by atoms with Crippen LogP contribution in [0.1, 0.15) is 10.4 Å². The molecule has 0 unspecified atom stereocenters. The van der Waals surface area contributed by atoms with Gasteiger partial charge >= 0.3 is 0 Å². The van der Waals surface area contributed by atoms with Gasteiger partial charge in [0, 0.05) is 32.1 Å². The summed E-state index contributed by atoms with van der Waals surface area (Å²) >= 11 is 0. The predicted molar refractivity (Wildman–Crippen MR) is 65.1 cm³/mol. The highest BCUT2D eigenvalue weighted by Gasteiger charge is 2.04. The number of amides is 1. The van der Waals surface area contributed by atoms with Crippen molar-refractivity contribution in [1.82, 2.24) is 15.1 Å². The van der Waals surface area contributed by atoms with Gasteiger partial charge in [-0.05, 0) is 24.3 Å². The Kier molecular flexibility index (Phi) is 4.90. The number of benzene rings is 1. The molecule has 2 N–H and O–H groups in total. The first-order chi connectivity index (χ1) is 8.31. The van der Waals surface area contributed by atoms with E-state index in [0.717, 1.165) is 12.8 Å². The van der Waals surface area contributed by atoms with Crippen molar-refractivity contribution in [2.24, 2.45) is 0 Å². The van der Waals surface area contributed by atoms with Crippen molar-refractivity contribution < 1.29 is 9.90 Å². The number of carbonyl (C=O) groups excluding carboxylic acids is 1. The molecule has 90 valence electrons. The van der Waals surface area contributed by atoms with Crippen molar-refractivity contribution in [3.8, 4) is 5.69 Å². The molecule has 1 aromatic carbocycles. The molecule has 1 heterocycles. The summed E-state index contributed by atoms with van der Waals surface area (Å²) in [6.07, 6.45) is 3.54. The van der Waals surface area contributed by atoms with Crippen molar-refractivity contribution in [2.75, 3.05) is 14.2 Å². The second kappa shape index (κ2) is 6.44. The summed E-state index contributed by atoms with van der Waals surface area (Å²) in [6, 6.07) is 9.14. The molecule has 0 atom stereocenters. The van der Waals surface area contributed by atoms with Crippen LogP contribution in [0.25, 0.3) is 5.69 Å². The number of nitrogens with one attached hydrogen (secondary N) is 1. The van der Waals surface area contributed by atoms with Crippen LogP contribution in [-0.4, -0.2) is 35.0 Å². The average molecular weight is 233 g/mol. The van der Waals surface area contributed by atoms with E-state index in [1.807, 2.05) is 24.4 Å². The molecule has 17 heavy (non-hydrogen) atoms. The number of nitrogens with zero attached hydrogens (tertiary/aromatic N) is 2. The van der Waals surface area contributed by atoms with Crippen molar-refractivity contribution in [2.45, 2.75) is 0 Å². The highest BCUT2D eigenvalue weighted by atomic mass is 16.2. The lowest BCUT2D eigenvalue weighted by Gasteiger charge is -2.03. The second-order valence-corrected chi connectivity index (χ2v) is 3.08. The van der Waals surface area contributed by atoms with Crippen LogP contribution in [-0.2, 0) is 0 Å². The number of aliphatic hydroxyl groups is 1. The molecule has 0 radical (unpaired) electrons. The lowest BCUT2D eigenvalue weighted by molar-refractivity contribution is 0.0963. The summed E-state index contributed by atoms with van der Waals surface area (Å²) < 4.78 is 1.71. The second-order valence-electron chi connectivity index (χ2n) is 3.08. The van der Waals surface area contributed by atoms with Gasteiger partial charge in [-0.2, -0.15) is 5.10 Å². The summed E-state index contributed by atoms with van der Waals surface area (Å²) in [5.74, 6) is -0.0935. The number of aromatic nitrogens is 2. The van der Waals surface area contributed by atoms with E-state index in [0.29, 0.717) is 5.56 Å². The molecule has 0 aliphatic heterocycles. The summed E-state index contributed by atoms with van der Waals surface area (Å²) in [5.41, 5.74) is 1.51. The molecule has 5 nitrogen and oxygen atoms in total. The topological polar surface area (TPSA) is 67.2 Å². The number of carbonyl (C=O) groups is 1. The molecule has 2 aromatic rings. The van der Waals surface area contributed by atoms with Gasteiger partial charge in [0.15, 0.2) is 0 Å². The third-order valence-corrected chi connectivity index (χ3v) is 2.10. The number of hydrogen-bond donors (Lipinski definition) is 2. The van der Waals surface area contributed by atoms with Crippen molar-refractivity contribution in [3.63, 3.8) is 0 Å². The molecule has 0 aliphatic carbocycles. The van der Waals surface area contributed by atoms with Crippen LogP contribution in [0.4, 0.5) is 0 Å². The molecule has 0 saturated carbocycles. The van der Waals surface area contributed by atoms with Gasteiger partial charge in [-0.1, -0.05) is 6.07 Å². The Bertz CT molecular complexity index is 466. The van der Waals surface area contributed by atoms with Gasteiger partial charge in [0.1, 0.15) is 0 Å². The number of rotatable bonds is 2. The van der Waals surface area contributed by atoms with E-state index in [9.17, 15) is 4.79 Å². The summed E-state index contributed by atoms with van der Waals surface area (Å²) in [6.45, 7) is 0. The molecule has 5 heteroatoms. The van der Waals surface area contributed by atoms with Crippen LogP contribution in [0.5, 0.6) is 0 Å². The fourth-order valence-corrected chi connectivity index (χ4v) is 1.36. The molecule has 0 aliphatic rings. The Labute approximate surface area is 99.7 Å². The Balaban J connectivity index is 0.000000686. The maximum absolute atomic E-state index is 11.4. The first-order valence-corrected chi connectivity index (χ1v) is 5.08. The molecule has 0 fully saturated rings. The third-order valence-electron chi connectivity index (χ3n) is 2.10. The van der Waals surface area contributed by atoms with Crippen LogP contribution in [0.3, 0.4) is 0 Å². The SMILES string of the molecule is CNC(=O)c1cccc(-n2cccn2)c1.CO. The number of aliphatic hydroxyl groups excluding tert-OH is 1. The van der Waals surface area contributed by atoms with Crippen LogP contribution in [0.2, 0.25) is 0 Å². The Morgan fingerprint density at radius 1 is 1.35 bits per heavy atom. The van der Waals surface area contributed by atoms with E-state index < -0.39 is 0 Å². The summed E-state index contributed by atoms with van der Waals surface area (Å²) in [5, 5.41) is 13.7. The zero-order valence-corrected chi connectivity index (χ0v) is 9.79. The van der Waals surface area contributed by atoms with Gasteiger partial charge in [0.2, 0.25) is 0 Å².